The van der Waals surface area contributed by atoms with E-state index >= 15 is 0 Å². The van der Waals surface area contributed by atoms with Crippen molar-refractivity contribution >= 4 is 0 Å². The Balaban J connectivity index is 1.81. The lowest BCUT2D eigenvalue weighted by atomic mass is 10.5. The highest BCUT2D eigenvalue weighted by Crippen LogP contribution is 2.08. The summed E-state index contributed by atoms with van der Waals surface area (Å²) in [4.78, 5) is 0. The Morgan fingerprint density at radius 3 is 2.78 bits per heavy atom. The predicted molar refractivity (Wildman–Crippen MR) is 26.6 cm³/mol. The molecule has 0 saturated carbocycles. The van der Waals surface area contributed by atoms with Crippen molar-refractivity contribution in [3.63, 3.8) is 0 Å². The van der Waals surface area contributed by atoms with Gasteiger partial charge in [0, 0.05) is 0 Å². The van der Waals surface area contributed by atoms with Gasteiger partial charge in [-0.3, -0.25) is 0 Å². The average molecular weight is 138 g/mol. The van der Waals surface area contributed by atoms with Crippen molar-refractivity contribution in [3.05, 3.63) is 0 Å². The fourth-order valence-electron chi connectivity index (χ4n) is 0.453. The molecule has 0 N–H and O–H groups in total. The average Bonchev–Trinajstić information content (AvgIpc) is 2.48. The first-order chi connectivity index (χ1) is 4.29. The summed E-state index contributed by atoms with van der Waals surface area (Å²) >= 11 is 0. The third-order valence-electron chi connectivity index (χ3n) is 0.950. The molecule has 0 unspecified atom stereocenters. The first-order valence-electron chi connectivity index (χ1n) is 2.76. The molecular weight excluding hydrogens is 130 g/mol. The summed E-state index contributed by atoms with van der Waals surface area (Å²) in [6.45, 7) is 0.493. The van der Waals surface area contributed by atoms with Crippen molar-refractivity contribution in [1.29, 1.82) is 0 Å². The molecule has 9 heavy (non-hydrogen) atoms. The molecule has 1 aliphatic rings. The number of ether oxygens (including phenoxy) is 2. The van der Waals surface area contributed by atoms with Crippen LogP contribution in [0.2, 0.25) is 0 Å². The highest BCUT2D eigenvalue weighted by molar-refractivity contribution is 4.66. The monoisotopic (exact) mass is 138 g/mol. The van der Waals surface area contributed by atoms with Crippen LogP contribution in [0, 0.1) is 0 Å². The fourth-order valence-corrected chi connectivity index (χ4v) is 0.453. The molecule has 0 spiro atoms. The lowest BCUT2D eigenvalue weighted by Crippen LogP contribution is -2.08. The van der Waals surface area contributed by atoms with Crippen LogP contribution in [0.3, 0.4) is 0 Å². The van der Waals surface area contributed by atoms with Gasteiger partial charge < -0.3 is 9.47 Å². The van der Waals surface area contributed by atoms with Crippen LogP contribution >= 0.6 is 0 Å². The second-order valence-electron chi connectivity index (χ2n) is 1.88. The highest BCUT2D eigenvalue weighted by Gasteiger charge is 2.22. The summed E-state index contributed by atoms with van der Waals surface area (Å²) < 4.78 is 31.9. The van der Waals surface area contributed by atoms with Crippen LogP contribution in [0.25, 0.3) is 0 Å². The van der Waals surface area contributed by atoms with E-state index in [0.717, 1.165) is 0 Å². The predicted octanol–water partition coefficient (Wildman–Crippen LogP) is 0.667. The lowest BCUT2D eigenvalue weighted by molar-refractivity contribution is 0.0122. The zero-order valence-corrected chi connectivity index (χ0v) is 4.85. The highest BCUT2D eigenvalue weighted by atomic mass is 19.3. The number of alkyl halides is 2. The normalized spacial score (nSPS) is 25.0. The van der Waals surface area contributed by atoms with Gasteiger partial charge in [0.2, 0.25) is 0 Å². The zero-order valence-electron chi connectivity index (χ0n) is 4.85. The maximum Gasteiger partial charge on any atom is 0.261 e. The van der Waals surface area contributed by atoms with Crippen LogP contribution in [-0.4, -0.2) is 32.4 Å². The number of halogens is 2. The second-order valence-corrected chi connectivity index (χ2v) is 1.88. The molecule has 1 saturated heterocycles. The van der Waals surface area contributed by atoms with Gasteiger partial charge in [0.25, 0.3) is 6.43 Å². The molecule has 54 valence electrons. The Bertz CT molecular complexity index is 81.0. The summed E-state index contributed by atoms with van der Waals surface area (Å²) in [6, 6.07) is 0. The largest absolute Gasteiger partial charge is 0.373 e. The lowest BCUT2D eigenvalue weighted by Gasteiger charge is -1.98. The van der Waals surface area contributed by atoms with E-state index < -0.39 is 13.0 Å². The first kappa shape index (κ1) is 6.89. The minimum Gasteiger partial charge on any atom is -0.373 e. The molecule has 0 bridgehead atoms. The van der Waals surface area contributed by atoms with E-state index in [1.165, 1.54) is 0 Å². The smallest absolute Gasteiger partial charge is 0.261 e. The number of epoxide rings is 1. The molecule has 4 heteroatoms. The summed E-state index contributed by atoms with van der Waals surface area (Å²) in [7, 11) is 0. The molecule has 2 nitrogen and oxygen atoms in total. The van der Waals surface area contributed by atoms with Gasteiger partial charge in [0.1, 0.15) is 12.7 Å². The van der Waals surface area contributed by atoms with E-state index in [0.29, 0.717) is 13.2 Å². The quantitative estimate of drug-likeness (QED) is 0.532. The molecule has 1 fully saturated rings. The number of hydrogen-bond donors (Lipinski definition) is 0. The Hall–Kier alpha value is -0.220. The standard InChI is InChI=1S/C5H8F2O2/c6-5(7)3-8-1-4-2-9-4/h4-5H,1-3H2/t4-/m1/s1. The summed E-state index contributed by atoms with van der Waals surface area (Å²) in [5, 5.41) is 0. The molecule has 1 rings (SSSR count). The molecule has 0 aromatic carbocycles. The molecular formula is C5H8F2O2. The van der Waals surface area contributed by atoms with Gasteiger partial charge in [-0.05, 0) is 0 Å². The maximum absolute atomic E-state index is 11.3. The fraction of sp³-hybridized carbons (Fsp3) is 1.00. The van der Waals surface area contributed by atoms with Gasteiger partial charge >= 0.3 is 0 Å². The van der Waals surface area contributed by atoms with Crippen molar-refractivity contribution in [2.75, 3.05) is 19.8 Å². The van der Waals surface area contributed by atoms with E-state index in [-0.39, 0.29) is 6.10 Å². The van der Waals surface area contributed by atoms with Crippen molar-refractivity contribution in [2.24, 2.45) is 0 Å². The van der Waals surface area contributed by atoms with Crippen LogP contribution < -0.4 is 0 Å². The van der Waals surface area contributed by atoms with Crippen LogP contribution in [0.5, 0.6) is 0 Å². The van der Waals surface area contributed by atoms with E-state index in [4.69, 9.17) is 4.74 Å². The van der Waals surface area contributed by atoms with Gasteiger partial charge in [-0.2, -0.15) is 0 Å². The van der Waals surface area contributed by atoms with Gasteiger partial charge in [-0.25, -0.2) is 8.78 Å². The maximum atomic E-state index is 11.3. The third kappa shape index (κ3) is 3.37. The van der Waals surface area contributed by atoms with Gasteiger partial charge in [-0.1, -0.05) is 0 Å². The van der Waals surface area contributed by atoms with Crippen molar-refractivity contribution in [2.45, 2.75) is 12.5 Å². The van der Waals surface area contributed by atoms with Gasteiger partial charge in [0.05, 0.1) is 13.2 Å². The second kappa shape index (κ2) is 3.08. The molecule has 0 aromatic rings. The van der Waals surface area contributed by atoms with Crippen LogP contribution in [0.4, 0.5) is 8.78 Å². The summed E-state index contributed by atoms with van der Waals surface area (Å²) in [5.41, 5.74) is 0. The molecule has 1 atom stereocenters. The molecule has 0 radical (unpaired) electrons. The topological polar surface area (TPSA) is 21.8 Å². The number of hydrogen-bond acceptors (Lipinski definition) is 2. The van der Waals surface area contributed by atoms with E-state index in [1.807, 2.05) is 0 Å². The van der Waals surface area contributed by atoms with E-state index in [2.05, 4.69) is 4.74 Å². The summed E-state index contributed by atoms with van der Waals surface area (Å²) in [5.74, 6) is 0. The molecule has 1 aliphatic heterocycles. The summed E-state index contributed by atoms with van der Waals surface area (Å²) in [6.07, 6.45) is -2.27. The number of rotatable bonds is 4. The van der Waals surface area contributed by atoms with Gasteiger partial charge in [-0.15, -0.1) is 0 Å². The first-order valence-corrected chi connectivity index (χ1v) is 2.76. The van der Waals surface area contributed by atoms with Gasteiger partial charge in [0.15, 0.2) is 0 Å². The Morgan fingerprint density at radius 1 is 1.67 bits per heavy atom. The van der Waals surface area contributed by atoms with E-state index in [9.17, 15) is 8.78 Å². The minimum absolute atomic E-state index is 0.0868. The van der Waals surface area contributed by atoms with Crippen molar-refractivity contribution < 1.29 is 18.3 Å². The Morgan fingerprint density at radius 2 is 2.33 bits per heavy atom. The molecule has 0 amide bonds. The van der Waals surface area contributed by atoms with Crippen molar-refractivity contribution in [1.82, 2.24) is 0 Å². The Kier molecular flexibility index (Phi) is 2.36. The molecule has 0 aliphatic carbocycles. The van der Waals surface area contributed by atoms with Crippen LogP contribution in [-0.2, 0) is 9.47 Å². The third-order valence-corrected chi connectivity index (χ3v) is 0.950. The van der Waals surface area contributed by atoms with Crippen LogP contribution in [0.1, 0.15) is 0 Å². The van der Waals surface area contributed by atoms with E-state index in [1.54, 1.807) is 0 Å². The molecule has 0 aromatic heterocycles. The molecule has 1 heterocycles. The Labute approximate surface area is 51.8 Å². The van der Waals surface area contributed by atoms with Crippen LogP contribution in [0.15, 0.2) is 0 Å². The zero-order chi connectivity index (χ0) is 6.69. The minimum atomic E-state index is -2.36. The van der Waals surface area contributed by atoms with Crippen molar-refractivity contribution in [3.8, 4) is 0 Å². The SMILES string of the molecule is FC(F)COC[C@@H]1CO1.